The van der Waals surface area contributed by atoms with Gasteiger partial charge in [0.05, 0.1) is 25.0 Å². The largest absolute Gasteiger partial charge is 0.493 e. The number of methoxy groups -OCH3 is 1. The fourth-order valence-electron chi connectivity index (χ4n) is 2.47. The van der Waals surface area contributed by atoms with Crippen LogP contribution < -0.4 is 10.1 Å². The van der Waals surface area contributed by atoms with Crippen LogP contribution in [0.1, 0.15) is 49.8 Å². The van der Waals surface area contributed by atoms with Crippen molar-refractivity contribution >= 4 is 11.3 Å². The molecule has 1 unspecified atom stereocenters. The lowest BCUT2D eigenvalue weighted by Crippen LogP contribution is -2.27. The summed E-state index contributed by atoms with van der Waals surface area (Å²) in [5, 5.41) is 10.3. The van der Waals surface area contributed by atoms with E-state index in [9.17, 15) is 0 Å². The summed E-state index contributed by atoms with van der Waals surface area (Å²) < 4.78 is 7.61. The van der Waals surface area contributed by atoms with Gasteiger partial charge in [0.2, 0.25) is 0 Å². The van der Waals surface area contributed by atoms with Crippen LogP contribution in [0.5, 0.6) is 5.75 Å². The fraction of sp³-hybridized carbons (Fsp3) is 0.562. The average molecular weight is 307 g/mol. The van der Waals surface area contributed by atoms with E-state index in [4.69, 9.17) is 4.74 Å². The first-order valence-corrected chi connectivity index (χ1v) is 8.42. The molecule has 0 aliphatic carbocycles. The van der Waals surface area contributed by atoms with Gasteiger partial charge in [0.1, 0.15) is 0 Å². The number of nitrogens with zero attached hydrogens (tertiary/aromatic N) is 2. The summed E-state index contributed by atoms with van der Waals surface area (Å²) in [5.41, 5.74) is 1.15. The Morgan fingerprint density at radius 1 is 1.43 bits per heavy atom. The van der Waals surface area contributed by atoms with Gasteiger partial charge in [-0.15, -0.1) is 11.3 Å². The van der Waals surface area contributed by atoms with Crippen molar-refractivity contribution in [2.24, 2.45) is 0 Å². The van der Waals surface area contributed by atoms with Crippen molar-refractivity contribution in [3.05, 3.63) is 34.3 Å². The Balaban J connectivity index is 2.32. The Morgan fingerprint density at radius 3 is 2.81 bits per heavy atom. The van der Waals surface area contributed by atoms with Crippen molar-refractivity contribution in [2.75, 3.05) is 13.7 Å². The monoisotopic (exact) mass is 307 g/mol. The molecular weight excluding hydrogens is 282 g/mol. The first-order chi connectivity index (χ1) is 10.2. The molecule has 1 atom stereocenters. The van der Waals surface area contributed by atoms with Gasteiger partial charge in [-0.25, -0.2) is 0 Å². The highest BCUT2D eigenvalue weighted by atomic mass is 32.1. The quantitative estimate of drug-likeness (QED) is 0.806. The Bertz CT molecular complexity index is 534. The molecule has 116 valence electrons. The maximum absolute atomic E-state index is 5.54. The van der Waals surface area contributed by atoms with Gasteiger partial charge in [0.25, 0.3) is 0 Å². The van der Waals surface area contributed by atoms with Gasteiger partial charge in [0.15, 0.2) is 5.75 Å². The minimum atomic E-state index is 0.225. The van der Waals surface area contributed by atoms with Crippen LogP contribution in [0.25, 0.3) is 0 Å². The van der Waals surface area contributed by atoms with Crippen LogP contribution in [-0.2, 0) is 6.42 Å². The van der Waals surface area contributed by atoms with E-state index in [2.05, 4.69) is 53.4 Å². The van der Waals surface area contributed by atoms with Gasteiger partial charge in [0, 0.05) is 17.3 Å². The van der Waals surface area contributed by atoms with E-state index in [1.807, 2.05) is 6.20 Å². The van der Waals surface area contributed by atoms with Crippen LogP contribution in [0.15, 0.2) is 23.7 Å². The Labute approximate surface area is 131 Å². The number of thiophene rings is 1. The lowest BCUT2D eigenvalue weighted by molar-refractivity contribution is 0.383. The number of ether oxygens (including phenoxy) is 1. The summed E-state index contributed by atoms with van der Waals surface area (Å²) in [6.07, 6.45) is 3.90. The highest BCUT2D eigenvalue weighted by molar-refractivity contribution is 7.09. The molecule has 0 fully saturated rings. The smallest absolute Gasteiger partial charge is 0.161 e. The number of hydrogen-bond donors (Lipinski definition) is 1. The zero-order chi connectivity index (χ0) is 15.2. The summed E-state index contributed by atoms with van der Waals surface area (Å²) >= 11 is 1.80. The number of rotatable bonds is 8. The summed E-state index contributed by atoms with van der Waals surface area (Å²) in [4.78, 5) is 1.38. The Hall–Kier alpha value is -1.33. The zero-order valence-corrected chi connectivity index (χ0v) is 14.1. The van der Waals surface area contributed by atoms with Gasteiger partial charge in [-0.2, -0.15) is 5.10 Å². The second-order valence-corrected chi connectivity index (χ2v) is 6.46. The van der Waals surface area contributed by atoms with Crippen molar-refractivity contribution in [2.45, 2.75) is 45.7 Å². The van der Waals surface area contributed by atoms with Crippen LogP contribution in [0.3, 0.4) is 0 Å². The van der Waals surface area contributed by atoms with Crippen LogP contribution in [0, 0.1) is 0 Å². The molecular formula is C16H25N3OS. The molecule has 0 amide bonds. The van der Waals surface area contributed by atoms with Crippen molar-refractivity contribution in [1.82, 2.24) is 15.1 Å². The standard InChI is InChI=1S/C16H25N3OS/c1-5-8-17-14(10-13-7-6-9-21-13)16-15(20-4)11-18-19(16)12(2)3/h6-7,9,11-12,14,17H,5,8,10H2,1-4H3. The van der Waals surface area contributed by atoms with E-state index in [0.29, 0.717) is 6.04 Å². The van der Waals surface area contributed by atoms with E-state index in [1.54, 1.807) is 18.4 Å². The minimum Gasteiger partial charge on any atom is -0.493 e. The molecule has 0 spiro atoms. The number of aromatic nitrogens is 2. The lowest BCUT2D eigenvalue weighted by atomic mass is 10.1. The fourth-order valence-corrected chi connectivity index (χ4v) is 3.22. The molecule has 21 heavy (non-hydrogen) atoms. The zero-order valence-electron chi connectivity index (χ0n) is 13.3. The van der Waals surface area contributed by atoms with E-state index in [0.717, 1.165) is 30.8 Å². The highest BCUT2D eigenvalue weighted by Gasteiger charge is 2.23. The van der Waals surface area contributed by atoms with Crippen LogP contribution >= 0.6 is 11.3 Å². The first-order valence-electron chi connectivity index (χ1n) is 7.54. The van der Waals surface area contributed by atoms with Gasteiger partial charge < -0.3 is 10.1 Å². The van der Waals surface area contributed by atoms with Gasteiger partial charge in [-0.3, -0.25) is 4.68 Å². The van der Waals surface area contributed by atoms with Crippen molar-refractivity contribution in [3.63, 3.8) is 0 Å². The lowest BCUT2D eigenvalue weighted by Gasteiger charge is -2.22. The molecule has 0 aromatic carbocycles. The van der Waals surface area contributed by atoms with E-state index in [1.165, 1.54) is 4.88 Å². The third-order valence-electron chi connectivity index (χ3n) is 3.46. The minimum absolute atomic E-state index is 0.225. The maximum Gasteiger partial charge on any atom is 0.161 e. The molecule has 0 bridgehead atoms. The molecule has 0 radical (unpaired) electrons. The molecule has 2 aromatic rings. The molecule has 4 nitrogen and oxygen atoms in total. The molecule has 5 heteroatoms. The van der Waals surface area contributed by atoms with Gasteiger partial charge in [-0.1, -0.05) is 13.0 Å². The summed E-state index contributed by atoms with van der Waals surface area (Å²) in [6, 6.07) is 4.84. The van der Waals surface area contributed by atoms with E-state index >= 15 is 0 Å². The Kier molecular flexibility index (Phi) is 5.82. The van der Waals surface area contributed by atoms with Crippen molar-refractivity contribution < 1.29 is 4.74 Å². The summed E-state index contributed by atoms with van der Waals surface area (Å²) in [6.45, 7) is 7.48. The predicted octanol–water partition coefficient (Wildman–Crippen LogP) is 3.82. The molecule has 0 aliphatic rings. The summed E-state index contributed by atoms with van der Waals surface area (Å²) in [5.74, 6) is 0.869. The SMILES string of the molecule is CCCNC(Cc1cccs1)c1c(OC)cnn1C(C)C. The van der Waals surface area contributed by atoms with Crippen LogP contribution in [-0.4, -0.2) is 23.4 Å². The van der Waals surface area contributed by atoms with Crippen molar-refractivity contribution in [3.8, 4) is 5.75 Å². The molecule has 2 rings (SSSR count). The van der Waals surface area contributed by atoms with E-state index < -0.39 is 0 Å². The van der Waals surface area contributed by atoms with Gasteiger partial charge >= 0.3 is 0 Å². The predicted molar refractivity (Wildman–Crippen MR) is 88.2 cm³/mol. The second kappa shape index (κ2) is 7.61. The molecule has 2 heterocycles. The van der Waals surface area contributed by atoms with Gasteiger partial charge in [-0.05, 0) is 38.3 Å². The van der Waals surface area contributed by atoms with E-state index in [-0.39, 0.29) is 6.04 Å². The molecule has 1 N–H and O–H groups in total. The molecule has 0 saturated heterocycles. The first kappa shape index (κ1) is 16.0. The highest BCUT2D eigenvalue weighted by Crippen LogP contribution is 2.30. The third kappa shape index (κ3) is 3.86. The average Bonchev–Trinajstić information content (AvgIpc) is 3.11. The molecule has 2 aromatic heterocycles. The topological polar surface area (TPSA) is 39.1 Å². The number of hydrogen-bond acceptors (Lipinski definition) is 4. The normalized spacial score (nSPS) is 12.8. The third-order valence-corrected chi connectivity index (χ3v) is 4.36. The van der Waals surface area contributed by atoms with Crippen LogP contribution in [0.2, 0.25) is 0 Å². The maximum atomic E-state index is 5.54. The molecule has 0 saturated carbocycles. The van der Waals surface area contributed by atoms with Crippen molar-refractivity contribution in [1.29, 1.82) is 0 Å². The second-order valence-electron chi connectivity index (χ2n) is 5.43. The number of nitrogens with one attached hydrogen (secondary N) is 1. The molecule has 0 aliphatic heterocycles. The van der Waals surface area contributed by atoms with Crippen LogP contribution in [0.4, 0.5) is 0 Å². The Morgan fingerprint density at radius 2 is 2.24 bits per heavy atom. The summed E-state index contributed by atoms with van der Waals surface area (Å²) in [7, 11) is 1.72.